The molecule has 0 fully saturated rings. The maximum absolute atomic E-state index is 12.8. The zero-order valence-corrected chi connectivity index (χ0v) is 11.2. The lowest BCUT2D eigenvalue weighted by Crippen LogP contribution is -2.08. The molecule has 4 rings (SSSR count). The second-order valence-electron chi connectivity index (χ2n) is 4.88. The number of hydrogen-bond donors (Lipinski definition) is 0. The fraction of sp³-hybridized carbons (Fsp3) is 0.125. The number of rotatable bonds is 1. The van der Waals surface area contributed by atoms with Crippen molar-refractivity contribution in [3.63, 3.8) is 0 Å². The Labute approximate surface area is 114 Å². The lowest BCUT2D eigenvalue weighted by Gasteiger charge is -2.07. The highest BCUT2D eigenvalue weighted by molar-refractivity contribution is 6.05. The van der Waals surface area contributed by atoms with E-state index in [0.29, 0.717) is 16.5 Å². The minimum absolute atomic E-state index is 0.00421. The number of nitrogens with zero attached hydrogens (tertiary/aromatic N) is 2. The van der Waals surface area contributed by atoms with Crippen molar-refractivity contribution in [3.05, 3.63) is 52.3 Å². The molecule has 0 aliphatic heterocycles. The Morgan fingerprint density at radius 3 is 2.70 bits per heavy atom. The van der Waals surface area contributed by atoms with Crippen molar-refractivity contribution in [3.8, 4) is 5.75 Å². The second kappa shape index (κ2) is 3.70. The van der Waals surface area contributed by atoms with Gasteiger partial charge in [-0.2, -0.15) is 5.10 Å². The van der Waals surface area contributed by atoms with E-state index in [-0.39, 0.29) is 5.43 Å². The van der Waals surface area contributed by atoms with Gasteiger partial charge in [0.15, 0.2) is 0 Å². The smallest absolute Gasteiger partial charge is 0.201 e. The van der Waals surface area contributed by atoms with E-state index >= 15 is 0 Å². The van der Waals surface area contributed by atoms with Crippen molar-refractivity contribution >= 4 is 27.2 Å². The van der Waals surface area contributed by atoms with E-state index in [9.17, 15) is 4.79 Å². The quantitative estimate of drug-likeness (QED) is 0.496. The lowest BCUT2D eigenvalue weighted by molar-refractivity contribution is 0.419. The van der Waals surface area contributed by atoms with Gasteiger partial charge < -0.3 is 4.74 Å². The number of para-hydroxylation sites is 1. The number of aryl methyl sites for hydroxylation is 1. The van der Waals surface area contributed by atoms with Crippen LogP contribution in [0.25, 0.3) is 27.2 Å². The van der Waals surface area contributed by atoms with Gasteiger partial charge in [0.2, 0.25) is 5.43 Å². The van der Waals surface area contributed by atoms with Crippen LogP contribution in [0.2, 0.25) is 0 Å². The maximum Gasteiger partial charge on any atom is 0.201 e. The molecule has 0 aliphatic carbocycles. The van der Waals surface area contributed by atoms with Crippen LogP contribution in [-0.4, -0.2) is 16.7 Å². The summed E-state index contributed by atoms with van der Waals surface area (Å²) in [6, 6.07) is 11.3. The lowest BCUT2D eigenvalue weighted by atomic mass is 10.1. The highest BCUT2D eigenvalue weighted by Gasteiger charge is 2.18. The Morgan fingerprint density at radius 2 is 1.90 bits per heavy atom. The molecule has 0 N–H and O–H groups in total. The fourth-order valence-electron chi connectivity index (χ4n) is 2.89. The topological polar surface area (TPSA) is 43.6 Å². The first-order valence-electron chi connectivity index (χ1n) is 6.43. The summed E-state index contributed by atoms with van der Waals surface area (Å²) < 4.78 is 7.21. The van der Waals surface area contributed by atoms with E-state index in [1.54, 1.807) is 7.11 Å². The van der Waals surface area contributed by atoms with Crippen LogP contribution in [0.15, 0.2) is 41.2 Å². The van der Waals surface area contributed by atoms with Crippen LogP contribution in [0, 0.1) is 6.92 Å². The molecule has 4 heteroatoms. The average Bonchev–Trinajstić information content (AvgIpc) is 2.82. The van der Waals surface area contributed by atoms with Gasteiger partial charge >= 0.3 is 0 Å². The summed E-state index contributed by atoms with van der Waals surface area (Å²) in [5.74, 6) is 0.596. The molecule has 2 aromatic heterocycles. The first kappa shape index (κ1) is 11.2. The molecule has 98 valence electrons. The van der Waals surface area contributed by atoms with Gasteiger partial charge in [0.25, 0.3) is 0 Å². The SMILES string of the molecule is COc1ccc2c(C)nn3c4ccccc4c(=O)c1c23. The van der Waals surface area contributed by atoms with E-state index in [0.717, 1.165) is 22.1 Å². The minimum atomic E-state index is -0.00421. The summed E-state index contributed by atoms with van der Waals surface area (Å²) in [7, 11) is 1.58. The molecule has 4 nitrogen and oxygen atoms in total. The van der Waals surface area contributed by atoms with Crippen molar-refractivity contribution in [1.82, 2.24) is 9.61 Å². The first-order valence-corrected chi connectivity index (χ1v) is 6.43. The van der Waals surface area contributed by atoms with Crippen LogP contribution in [0.4, 0.5) is 0 Å². The van der Waals surface area contributed by atoms with Crippen LogP contribution in [0.5, 0.6) is 5.75 Å². The molecule has 0 spiro atoms. The molecule has 2 heterocycles. The van der Waals surface area contributed by atoms with E-state index < -0.39 is 0 Å². The van der Waals surface area contributed by atoms with Gasteiger partial charge in [0.05, 0.1) is 29.2 Å². The van der Waals surface area contributed by atoms with Crippen molar-refractivity contribution in [1.29, 1.82) is 0 Å². The Morgan fingerprint density at radius 1 is 1.10 bits per heavy atom. The first-order chi connectivity index (χ1) is 9.72. The molecular formula is C16H12N2O2. The van der Waals surface area contributed by atoms with Gasteiger partial charge in [-0.15, -0.1) is 0 Å². The summed E-state index contributed by atoms with van der Waals surface area (Å²) in [6.07, 6.45) is 0. The van der Waals surface area contributed by atoms with Crippen molar-refractivity contribution in [2.24, 2.45) is 0 Å². The largest absolute Gasteiger partial charge is 0.496 e. The van der Waals surface area contributed by atoms with E-state index in [1.807, 2.05) is 47.8 Å². The van der Waals surface area contributed by atoms with Crippen LogP contribution >= 0.6 is 0 Å². The van der Waals surface area contributed by atoms with Crippen LogP contribution in [0.1, 0.15) is 5.69 Å². The van der Waals surface area contributed by atoms with Gasteiger partial charge in [-0.3, -0.25) is 4.79 Å². The Hall–Kier alpha value is -2.62. The minimum Gasteiger partial charge on any atom is -0.496 e. The Kier molecular flexibility index (Phi) is 2.07. The van der Waals surface area contributed by atoms with Gasteiger partial charge in [-0.05, 0) is 31.2 Å². The predicted molar refractivity (Wildman–Crippen MR) is 78.9 cm³/mol. The molecule has 0 saturated carbocycles. The molecule has 0 radical (unpaired) electrons. The Balaban J connectivity index is 2.47. The molecule has 0 saturated heterocycles. The molecule has 0 aliphatic rings. The third kappa shape index (κ3) is 1.20. The van der Waals surface area contributed by atoms with Gasteiger partial charge in [-0.25, -0.2) is 4.52 Å². The van der Waals surface area contributed by atoms with Crippen molar-refractivity contribution < 1.29 is 4.74 Å². The van der Waals surface area contributed by atoms with E-state index in [4.69, 9.17) is 4.74 Å². The highest BCUT2D eigenvalue weighted by atomic mass is 16.5. The normalized spacial score (nSPS) is 11.7. The monoisotopic (exact) mass is 264 g/mol. The van der Waals surface area contributed by atoms with Crippen molar-refractivity contribution in [2.75, 3.05) is 7.11 Å². The fourth-order valence-corrected chi connectivity index (χ4v) is 2.89. The van der Waals surface area contributed by atoms with Crippen molar-refractivity contribution in [2.45, 2.75) is 6.92 Å². The third-order valence-corrected chi connectivity index (χ3v) is 3.82. The van der Waals surface area contributed by atoms with Crippen LogP contribution in [-0.2, 0) is 0 Å². The number of hydrogen-bond acceptors (Lipinski definition) is 3. The summed E-state index contributed by atoms with van der Waals surface area (Å²) in [6.45, 7) is 1.95. The molecular weight excluding hydrogens is 252 g/mol. The number of fused-ring (bicyclic) bond motifs is 2. The summed E-state index contributed by atoms with van der Waals surface area (Å²) in [5.41, 5.74) is 2.57. The predicted octanol–water partition coefficient (Wildman–Crippen LogP) is 2.76. The molecule has 4 aromatic rings. The number of methoxy groups -OCH3 is 1. The average molecular weight is 264 g/mol. The maximum atomic E-state index is 12.8. The van der Waals surface area contributed by atoms with E-state index in [2.05, 4.69) is 5.10 Å². The number of ether oxygens (including phenoxy) is 1. The zero-order valence-electron chi connectivity index (χ0n) is 11.2. The third-order valence-electron chi connectivity index (χ3n) is 3.82. The van der Waals surface area contributed by atoms with Gasteiger partial charge in [0.1, 0.15) is 5.75 Å². The number of benzene rings is 2. The Bertz CT molecular complexity index is 1020. The second-order valence-corrected chi connectivity index (χ2v) is 4.88. The van der Waals surface area contributed by atoms with E-state index in [1.165, 1.54) is 0 Å². The highest BCUT2D eigenvalue weighted by Crippen LogP contribution is 2.31. The number of aromatic nitrogens is 2. The summed E-state index contributed by atoms with van der Waals surface area (Å²) in [4.78, 5) is 12.8. The summed E-state index contributed by atoms with van der Waals surface area (Å²) >= 11 is 0. The van der Waals surface area contributed by atoms with Crippen LogP contribution in [0.3, 0.4) is 0 Å². The molecule has 0 atom stereocenters. The molecule has 0 bridgehead atoms. The molecule has 0 unspecified atom stereocenters. The number of pyridine rings is 1. The van der Waals surface area contributed by atoms with Crippen LogP contribution < -0.4 is 10.2 Å². The summed E-state index contributed by atoms with van der Waals surface area (Å²) in [5, 5.41) is 6.83. The molecule has 2 aromatic carbocycles. The molecule has 0 amide bonds. The van der Waals surface area contributed by atoms with Gasteiger partial charge in [0, 0.05) is 10.8 Å². The standard InChI is InChI=1S/C16H12N2O2/c1-9-10-7-8-13(20-2)14-15(10)18(17-9)12-6-4-3-5-11(12)16(14)19/h3-8H,1-2H3. The zero-order chi connectivity index (χ0) is 13.9. The molecule has 20 heavy (non-hydrogen) atoms. The van der Waals surface area contributed by atoms with Gasteiger partial charge in [-0.1, -0.05) is 12.1 Å².